The molecule has 0 saturated heterocycles. The average molecular weight is 296 g/mol. The summed E-state index contributed by atoms with van der Waals surface area (Å²) in [6, 6.07) is 13.5. The second-order valence-electron chi connectivity index (χ2n) is 4.50. The van der Waals surface area contributed by atoms with Crippen LogP contribution < -0.4 is 10.1 Å². The summed E-state index contributed by atoms with van der Waals surface area (Å²) < 4.78 is 10.2. The number of hydrogen-bond donors (Lipinski definition) is 1. The Labute approximate surface area is 125 Å². The number of oxazole rings is 1. The lowest BCUT2D eigenvalue weighted by Gasteiger charge is -2.06. The van der Waals surface area contributed by atoms with E-state index >= 15 is 0 Å². The minimum absolute atomic E-state index is 0.218. The van der Waals surface area contributed by atoms with Crippen molar-refractivity contribution >= 4 is 23.0 Å². The Morgan fingerprint density at radius 3 is 2.77 bits per heavy atom. The Morgan fingerprint density at radius 2 is 1.95 bits per heavy atom. The maximum atomic E-state index is 11.8. The van der Waals surface area contributed by atoms with Crippen LogP contribution in [-0.2, 0) is 4.79 Å². The van der Waals surface area contributed by atoms with E-state index in [4.69, 9.17) is 9.15 Å². The lowest BCUT2D eigenvalue weighted by atomic mass is 10.2. The number of carbonyl (C=O) groups excluding carboxylic acids is 2. The normalized spacial score (nSPS) is 10.4. The van der Waals surface area contributed by atoms with E-state index in [1.807, 2.05) is 6.07 Å². The van der Waals surface area contributed by atoms with Crippen LogP contribution in [0.15, 0.2) is 59.3 Å². The van der Waals surface area contributed by atoms with Crippen LogP contribution in [0.2, 0.25) is 0 Å². The lowest BCUT2D eigenvalue weighted by Crippen LogP contribution is -2.31. The van der Waals surface area contributed by atoms with Gasteiger partial charge >= 0.3 is 5.97 Å². The molecule has 0 spiro atoms. The third kappa shape index (κ3) is 3.12. The van der Waals surface area contributed by atoms with Gasteiger partial charge in [0.2, 0.25) is 0 Å². The molecule has 1 heterocycles. The summed E-state index contributed by atoms with van der Waals surface area (Å²) in [6.45, 7) is -0.218. The van der Waals surface area contributed by atoms with Gasteiger partial charge in [0.05, 0.1) is 0 Å². The van der Waals surface area contributed by atoms with E-state index in [0.29, 0.717) is 22.4 Å². The number of fused-ring (bicyclic) bond motifs is 1. The maximum absolute atomic E-state index is 11.8. The molecule has 6 heteroatoms. The largest absolute Gasteiger partial charge is 0.443 e. The second-order valence-corrected chi connectivity index (χ2v) is 4.50. The SMILES string of the molecule is O=C(CNC(=O)c1ccccc1)Oc1ccc2ocnc2c1. The predicted molar refractivity (Wildman–Crippen MR) is 78.4 cm³/mol. The fraction of sp³-hybridized carbons (Fsp3) is 0.0625. The molecule has 2 aromatic carbocycles. The summed E-state index contributed by atoms with van der Waals surface area (Å²) in [5.74, 6) is -0.544. The van der Waals surface area contributed by atoms with Gasteiger partial charge in [-0.25, -0.2) is 9.78 Å². The van der Waals surface area contributed by atoms with Crippen molar-refractivity contribution in [2.45, 2.75) is 0 Å². The van der Waals surface area contributed by atoms with Crippen molar-refractivity contribution in [1.29, 1.82) is 0 Å². The summed E-state index contributed by atoms with van der Waals surface area (Å²) in [5.41, 5.74) is 1.69. The molecule has 0 saturated carbocycles. The van der Waals surface area contributed by atoms with Crippen LogP contribution in [0.25, 0.3) is 11.1 Å². The number of ether oxygens (including phenoxy) is 1. The number of nitrogens with zero attached hydrogens (tertiary/aromatic N) is 1. The first-order valence-electron chi connectivity index (χ1n) is 6.59. The molecule has 0 aliphatic carbocycles. The lowest BCUT2D eigenvalue weighted by molar-refractivity contribution is -0.133. The van der Waals surface area contributed by atoms with Crippen molar-refractivity contribution in [3.05, 3.63) is 60.5 Å². The Balaban J connectivity index is 1.57. The van der Waals surface area contributed by atoms with E-state index in [9.17, 15) is 9.59 Å². The van der Waals surface area contributed by atoms with E-state index in [0.717, 1.165) is 0 Å². The smallest absolute Gasteiger partial charge is 0.330 e. The van der Waals surface area contributed by atoms with Crippen molar-refractivity contribution in [1.82, 2.24) is 10.3 Å². The van der Waals surface area contributed by atoms with E-state index < -0.39 is 5.97 Å². The fourth-order valence-electron chi connectivity index (χ4n) is 1.91. The zero-order valence-electron chi connectivity index (χ0n) is 11.5. The first-order chi connectivity index (χ1) is 10.7. The van der Waals surface area contributed by atoms with Crippen molar-refractivity contribution < 1.29 is 18.7 Å². The van der Waals surface area contributed by atoms with E-state index in [1.54, 1.807) is 42.5 Å². The van der Waals surface area contributed by atoms with Gasteiger partial charge in [-0.15, -0.1) is 0 Å². The summed E-state index contributed by atoms with van der Waals surface area (Å²) in [5, 5.41) is 2.50. The Hall–Kier alpha value is -3.15. The van der Waals surface area contributed by atoms with Gasteiger partial charge in [0, 0.05) is 11.6 Å². The summed E-state index contributed by atoms with van der Waals surface area (Å²) in [7, 11) is 0. The highest BCUT2D eigenvalue weighted by Gasteiger charge is 2.10. The molecule has 1 amide bonds. The Morgan fingerprint density at radius 1 is 1.14 bits per heavy atom. The number of hydrogen-bond acceptors (Lipinski definition) is 5. The number of amides is 1. The highest BCUT2D eigenvalue weighted by molar-refractivity contribution is 5.96. The minimum atomic E-state index is -0.563. The molecule has 6 nitrogen and oxygen atoms in total. The third-order valence-electron chi connectivity index (χ3n) is 2.96. The maximum Gasteiger partial charge on any atom is 0.330 e. The van der Waals surface area contributed by atoms with Crippen molar-refractivity contribution in [2.24, 2.45) is 0 Å². The Kier molecular flexibility index (Phi) is 3.82. The molecule has 0 unspecified atom stereocenters. The third-order valence-corrected chi connectivity index (χ3v) is 2.96. The van der Waals surface area contributed by atoms with Crippen LogP contribution in [0.3, 0.4) is 0 Å². The molecule has 0 radical (unpaired) electrons. The van der Waals surface area contributed by atoms with Crippen LogP contribution in [0.1, 0.15) is 10.4 Å². The molecule has 0 atom stereocenters. The number of rotatable bonds is 4. The first-order valence-corrected chi connectivity index (χ1v) is 6.59. The van der Waals surface area contributed by atoms with Crippen LogP contribution in [-0.4, -0.2) is 23.4 Å². The number of esters is 1. The number of carbonyl (C=O) groups is 2. The zero-order valence-corrected chi connectivity index (χ0v) is 11.5. The van der Waals surface area contributed by atoms with E-state index in [1.165, 1.54) is 6.39 Å². The van der Waals surface area contributed by atoms with E-state index in [-0.39, 0.29) is 12.5 Å². The fourth-order valence-corrected chi connectivity index (χ4v) is 1.91. The molecule has 0 aliphatic heterocycles. The summed E-state index contributed by atoms with van der Waals surface area (Å²) in [4.78, 5) is 27.5. The highest BCUT2D eigenvalue weighted by Crippen LogP contribution is 2.19. The second kappa shape index (κ2) is 6.09. The molecule has 0 aliphatic rings. The van der Waals surface area contributed by atoms with Gasteiger partial charge in [0.25, 0.3) is 5.91 Å². The van der Waals surface area contributed by atoms with Gasteiger partial charge in [-0.2, -0.15) is 0 Å². The molecular formula is C16H12N2O4. The molecule has 110 valence electrons. The minimum Gasteiger partial charge on any atom is -0.443 e. The monoisotopic (exact) mass is 296 g/mol. The Bertz CT molecular complexity index is 811. The number of nitrogens with one attached hydrogen (secondary N) is 1. The van der Waals surface area contributed by atoms with E-state index in [2.05, 4.69) is 10.3 Å². The number of benzene rings is 2. The molecule has 0 fully saturated rings. The molecule has 0 bridgehead atoms. The van der Waals surface area contributed by atoms with Crippen LogP contribution >= 0.6 is 0 Å². The summed E-state index contributed by atoms with van der Waals surface area (Å²) in [6.07, 6.45) is 1.32. The average Bonchev–Trinajstić information content (AvgIpc) is 3.01. The quantitative estimate of drug-likeness (QED) is 0.589. The van der Waals surface area contributed by atoms with Gasteiger partial charge in [-0.3, -0.25) is 4.79 Å². The van der Waals surface area contributed by atoms with Gasteiger partial charge in [0.1, 0.15) is 17.8 Å². The standard InChI is InChI=1S/C16H12N2O4/c19-15(9-17-16(20)11-4-2-1-3-5-11)22-12-6-7-14-13(8-12)18-10-21-14/h1-8,10H,9H2,(H,17,20). The van der Waals surface area contributed by atoms with Crippen LogP contribution in [0.4, 0.5) is 0 Å². The molecule has 1 aromatic heterocycles. The molecule has 22 heavy (non-hydrogen) atoms. The first kappa shape index (κ1) is 13.8. The van der Waals surface area contributed by atoms with Crippen LogP contribution in [0, 0.1) is 0 Å². The predicted octanol–water partition coefficient (Wildman–Crippen LogP) is 2.16. The van der Waals surface area contributed by atoms with Crippen molar-refractivity contribution in [2.75, 3.05) is 6.54 Å². The highest BCUT2D eigenvalue weighted by atomic mass is 16.5. The van der Waals surface area contributed by atoms with Gasteiger partial charge in [0.15, 0.2) is 12.0 Å². The zero-order chi connectivity index (χ0) is 15.4. The van der Waals surface area contributed by atoms with Crippen LogP contribution in [0.5, 0.6) is 5.75 Å². The van der Waals surface area contributed by atoms with Crippen molar-refractivity contribution in [3.63, 3.8) is 0 Å². The number of aromatic nitrogens is 1. The van der Waals surface area contributed by atoms with Gasteiger partial charge in [-0.1, -0.05) is 18.2 Å². The molecule has 3 rings (SSSR count). The topological polar surface area (TPSA) is 81.4 Å². The summed E-state index contributed by atoms with van der Waals surface area (Å²) >= 11 is 0. The molecule has 3 aromatic rings. The molecule has 1 N–H and O–H groups in total. The van der Waals surface area contributed by atoms with Gasteiger partial charge < -0.3 is 14.5 Å². The molecular weight excluding hydrogens is 284 g/mol. The van der Waals surface area contributed by atoms with Crippen molar-refractivity contribution in [3.8, 4) is 5.75 Å². The van der Waals surface area contributed by atoms with Gasteiger partial charge in [-0.05, 0) is 24.3 Å².